The summed E-state index contributed by atoms with van der Waals surface area (Å²) in [4.78, 5) is 24.8. The van der Waals surface area contributed by atoms with E-state index in [2.05, 4.69) is 5.32 Å². The third kappa shape index (κ3) is 5.44. The minimum absolute atomic E-state index is 0.0798. The van der Waals surface area contributed by atoms with E-state index in [0.29, 0.717) is 12.2 Å². The molecule has 1 aromatic rings. The van der Waals surface area contributed by atoms with E-state index in [9.17, 15) is 9.59 Å². The van der Waals surface area contributed by atoms with E-state index in [1.807, 2.05) is 43.0 Å². The van der Waals surface area contributed by atoms with Crippen molar-refractivity contribution >= 4 is 23.3 Å². The van der Waals surface area contributed by atoms with Gasteiger partial charge < -0.3 is 15.0 Å². The molecular weight excluding hydrogens is 282 g/mol. The average Bonchev–Trinajstić information content (AvgIpc) is 2.45. The molecule has 1 aromatic carbocycles. The van der Waals surface area contributed by atoms with Gasteiger partial charge in [0.05, 0.1) is 6.42 Å². The van der Waals surface area contributed by atoms with Crippen LogP contribution in [0.15, 0.2) is 24.3 Å². The number of nitriles is 1. The van der Waals surface area contributed by atoms with Crippen molar-refractivity contribution in [3.63, 3.8) is 0 Å². The van der Waals surface area contributed by atoms with Crippen molar-refractivity contribution in [1.82, 2.24) is 0 Å². The summed E-state index contributed by atoms with van der Waals surface area (Å²) in [5, 5.41) is 11.2. The van der Waals surface area contributed by atoms with Gasteiger partial charge in [-0.3, -0.25) is 9.59 Å². The Hall–Kier alpha value is -2.55. The van der Waals surface area contributed by atoms with Gasteiger partial charge in [-0.2, -0.15) is 5.26 Å². The summed E-state index contributed by atoms with van der Waals surface area (Å²) in [6.45, 7) is 5.84. The molecule has 0 aliphatic rings. The van der Waals surface area contributed by atoms with Crippen LogP contribution in [0.3, 0.4) is 0 Å². The second-order valence-corrected chi connectivity index (χ2v) is 4.89. The zero-order valence-corrected chi connectivity index (χ0v) is 13.1. The topological polar surface area (TPSA) is 82.4 Å². The molecule has 0 radical (unpaired) electrons. The quantitative estimate of drug-likeness (QED) is 0.782. The number of ether oxygens (including phenoxy) is 1. The van der Waals surface area contributed by atoms with Gasteiger partial charge in [0.2, 0.25) is 5.91 Å². The molecule has 0 aromatic heterocycles. The third-order valence-corrected chi connectivity index (χ3v) is 3.13. The summed E-state index contributed by atoms with van der Waals surface area (Å²) in [5.41, 5.74) is 1.62. The van der Waals surface area contributed by atoms with E-state index in [1.54, 1.807) is 6.07 Å². The fraction of sp³-hybridized carbons (Fsp3) is 0.438. The molecule has 6 nitrogen and oxygen atoms in total. The van der Waals surface area contributed by atoms with Crippen molar-refractivity contribution < 1.29 is 14.3 Å². The van der Waals surface area contributed by atoms with E-state index in [4.69, 9.17) is 10.00 Å². The number of nitrogens with zero attached hydrogens (tertiary/aromatic N) is 2. The number of hydrogen-bond donors (Lipinski definition) is 1. The minimum atomic E-state index is -0.398. The molecule has 1 rings (SSSR count). The number of esters is 1. The average molecular weight is 303 g/mol. The van der Waals surface area contributed by atoms with E-state index in [1.165, 1.54) is 6.92 Å². The molecule has 0 heterocycles. The lowest BCUT2D eigenvalue weighted by Crippen LogP contribution is -2.35. The maximum absolute atomic E-state index is 11.6. The molecule has 0 fully saturated rings. The molecule has 0 spiro atoms. The largest absolute Gasteiger partial charge is 0.450 e. The van der Waals surface area contributed by atoms with E-state index in [-0.39, 0.29) is 25.0 Å². The van der Waals surface area contributed by atoms with Gasteiger partial charge in [-0.1, -0.05) is 6.07 Å². The molecule has 1 unspecified atom stereocenters. The molecule has 1 atom stereocenters. The first-order valence-corrected chi connectivity index (χ1v) is 7.14. The van der Waals surface area contributed by atoms with Crippen molar-refractivity contribution in [3.8, 4) is 6.07 Å². The zero-order valence-electron chi connectivity index (χ0n) is 13.1. The number of hydrogen-bond acceptors (Lipinski definition) is 5. The molecule has 0 bridgehead atoms. The monoisotopic (exact) mass is 303 g/mol. The highest BCUT2D eigenvalue weighted by atomic mass is 16.5. The summed E-state index contributed by atoms with van der Waals surface area (Å²) < 4.78 is 4.79. The van der Waals surface area contributed by atoms with Crippen LogP contribution in [0.4, 0.5) is 11.4 Å². The zero-order chi connectivity index (χ0) is 16.5. The highest BCUT2D eigenvalue weighted by Gasteiger charge is 2.17. The second kappa shape index (κ2) is 8.67. The van der Waals surface area contributed by atoms with Gasteiger partial charge in [-0.05, 0) is 32.0 Å². The molecule has 0 aliphatic heterocycles. The normalized spacial score (nSPS) is 11.2. The van der Waals surface area contributed by atoms with Crippen LogP contribution in [0.5, 0.6) is 0 Å². The van der Waals surface area contributed by atoms with Crippen molar-refractivity contribution in [2.75, 3.05) is 23.4 Å². The summed E-state index contributed by atoms with van der Waals surface area (Å²) >= 11 is 0. The lowest BCUT2D eigenvalue weighted by molar-refractivity contribution is -0.142. The fourth-order valence-corrected chi connectivity index (χ4v) is 2.24. The van der Waals surface area contributed by atoms with E-state index in [0.717, 1.165) is 5.69 Å². The fourth-order valence-electron chi connectivity index (χ4n) is 2.24. The maximum atomic E-state index is 11.6. The second-order valence-electron chi connectivity index (χ2n) is 4.89. The van der Waals surface area contributed by atoms with Gasteiger partial charge in [0.15, 0.2) is 6.61 Å². The van der Waals surface area contributed by atoms with Crippen LogP contribution in [0.2, 0.25) is 0 Å². The van der Waals surface area contributed by atoms with Crippen molar-refractivity contribution in [3.05, 3.63) is 24.3 Å². The SMILES string of the molecule is CCN(c1cccc(NC(C)=O)c1)C(C)CC(=O)OCC#N. The number of carbonyl (C=O) groups excluding carboxylic acids is 2. The lowest BCUT2D eigenvalue weighted by Gasteiger charge is -2.30. The molecule has 0 saturated heterocycles. The van der Waals surface area contributed by atoms with Gasteiger partial charge in [-0.25, -0.2) is 0 Å². The third-order valence-electron chi connectivity index (χ3n) is 3.13. The standard InChI is InChI=1S/C16H21N3O3/c1-4-19(12(2)10-16(21)22-9-8-17)15-7-5-6-14(11-15)18-13(3)20/h5-7,11-12H,4,9-10H2,1-3H3,(H,18,20). The van der Waals surface area contributed by atoms with E-state index >= 15 is 0 Å². The lowest BCUT2D eigenvalue weighted by atomic mass is 10.1. The van der Waals surface area contributed by atoms with Crippen LogP contribution in [-0.4, -0.2) is 31.1 Å². The van der Waals surface area contributed by atoms with Gasteiger partial charge in [0, 0.05) is 30.9 Å². The van der Waals surface area contributed by atoms with E-state index < -0.39 is 5.97 Å². The Kier molecular flexibility index (Phi) is 6.90. The van der Waals surface area contributed by atoms with Crippen LogP contribution >= 0.6 is 0 Å². The molecule has 118 valence electrons. The highest BCUT2D eigenvalue weighted by molar-refractivity contribution is 5.89. The van der Waals surface area contributed by atoms with Crippen molar-refractivity contribution in [2.24, 2.45) is 0 Å². The Morgan fingerprint density at radius 2 is 2.18 bits per heavy atom. The number of amides is 1. The molecule has 22 heavy (non-hydrogen) atoms. The van der Waals surface area contributed by atoms with Gasteiger partial charge in [-0.15, -0.1) is 0 Å². The summed E-state index contributed by atoms with van der Waals surface area (Å²) in [6, 6.07) is 9.14. The Morgan fingerprint density at radius 3 is 2.77 bits per heavy atom. The number of benzene rings is 1. The summed E-state index contributed by atoms with van der Waals surface area (Å²) in [6.07, 6.45) is 0.194. The van der Waals surface area contributed by atoms with Gasteiger partial charge in [0.1, 0.15) is 6.07 Å². The molecule has 6 heteroatoms. The Bertz CT molecular complexity index is 566. The van der Waals surface area contributed by atoms with Crippen molar-refractivity contribution in [1.29, 1.82) is 5.26 Å². The molecule has 1 N–H and O–H groups in total. The summed E-state index contributed by atoms with van der Waals surface area (Å²) in [5.74, 6) is -0.529. The minimum Gasteiger partial charge on any atom is -0.450 e. The van der Waals surface area contributed by atoms with Crippen LogP contribution < -0.4 is 10.2 Å². The van der Waals surface area contributed by atoms with Crippen LogP contribution in [-0.2, 0) is 14.3 Å². The summed E-state index contributed by atoms with van der Waals surface area (Å²) in [7, 11) is 0. The Labute approximate surface area is 130 Å². The first kappa shape index (κ1) is 17.5. The first-order valence-electron chi connectivity index (χ1n) is 7.14. The molecule has 0 saturated carbocycles. The number of anilines is 2. The van der Waals surface area contributed by atoms with Crippen LogP contribution in [0, 0.1) is 11.3 Å². The number of carbonyl (C=O) groups is 2. The maximum Gasteiger partial charge on any atom is 0.308 e. The smallest absolute Gasteiger partial charge is 0.308 e. The van der Waals surface area contributed by atoms with Gasteiger partial charge >= 0.3 is 5.97 Å². The first-order chi connectivity index (χ1) is 10.5. The van der Waals surface area contributed by atoms with Gasteiger partial charge in [0.25, 0.3) is 0 Å². The molecule has 0 aliphatic carbocycles. The highest BCUT2D eigenvalue weighted by Crippen LogP contribution is 2.22. The predicted octanol–water partition coefficient (Wildman–Crippen LogP) is 2.32. The predicted molar refractivity (Wildman–Crippen MR) is 84.4 cm³/mol. The Morgan fingerprint density at radius 1 is 1.45 bits per heavy atom. The van der Waals surface area contributed by atoms with Crippen LogP contribution in [0.25, 0.3) is 0 Å². The number of rotatable bonds is 7. The Balaban J connectivity index is 2.80. The van der Waals surface area contributed by atoms with Crippen LogP contribution in [0.1, 0.15) is 27.2 Å². The molecular formula is C16H21N3O3. The number of nitrogens with one attached hydrogen (secondary N) is 1. The van der Waals surface area contributed by atoms with Crippen molar-refractivity contribution in [2.45, 2.75) is 33.2 Å². The molecule has 1 amide bonds.